The van der Waals surface area contributed by atoms with Crippen LogP contribution >= 0.6 is 0 Å². The van der Waals surface area contributed by atoms with Crippen molar-refractivity contribution in [1.82, 2.24) is 15.3 Å². The number of aromatic nitrogens is 2. The molecule has 0 spiro atoms. The van der Waals surface area contributed by atoms with E-state index in [1.54, 1.807) is 6.07 Å². The van der Waals surface area contributed by atoms with Gasteiger partial charge in [0.1, 0.15) is 18.0 Å². The van der Waals surface area contributed by atoms with E-state index in [9.17, 15) is 8.78 Å². The first-order chi connectivity index (χ1) is 11.6. The average molecular weight is 333 g/mol. The number of benzene rings is 1. The second kappa shape index (κ2) is 7.09. The van der Waals surface area contributed by atoms with Crippen molar-refractivity contribution in [3.8, 4) is 0 Å². The lowest BCUT2D eigenvalue weighted by molar-refractivity contribution is -0.0728. The van der Waals surface area contributed by atoms with Crippen LogP contribution in [0.5, 0.6) is 0 Å². The Bertz CT molecular complexity index is 665. The van der Waals surface area contributed by atoms with Crippen LogP contribution < -0.4 is 15.5 Å². The van der Waals surface area contributed by atoms with Crippen molar-refractivity contribution in [2.75, 3.05) is 36.9 Å². The molecule has 1 saturated heterocycles. The molecule has 1 aromatic carbocycles. The first-order valence-electron chi connectivity index (χ1n) is 7.99. The third-order valence-electron chi connectivity index (χ3n) is 4.29. The van der Waals surface area contributed by atoms with E-state index in [1.807, 2.05) is 42.3 Å². The quantitative estimate of drug-likeness (QED) is 0.881. The molecule has 7 heteroatoms. The molecule has 0 radical (unpaired) electrons. The van der Waals surface area contributed by atoms with Crippen LogP contribution in [0.2, 0.25) is 0 Å². The van der Waals surface area contributed by atoms with Gasteiger partial charge in [0.15, 0.2) is 0 Å². The van der Waals surface area contributed by atoms with Gasteiger partial charge in [-0.2, -0.15) is 0 Å². The minimum Gasteiger partial charge on any atom is -0.369 e. The maximum absolute atomic E-state index is 13.9. The number of hydrogen-bond acceptors (Lipinski definition) is 5. The molecule has 1 aromatic heterocycles. The van der Waals surface area contributed by atoms with Crippen LogP contribution in [0.4, 0.5) is 26.1 Å². The number of nitrogens with one attached hydrogen (secondary N) is 2. The van der Waals surface area contributed by atoms with E-state index in [4.69, 9.17) is 0 Å². The van der Waals surface area contributed by atoms with Gasteiger partial charge in [-0.15, -0.1) is 0 Å². The highest BCUT2D eigenvalue weighted by molar-refractivity contribution is 5.61. The highest BCUT2D eigenvalue weighted by atomic mass is 19.3. The monoisotopic (exact) mass is 333 g/mol. The average Bonchev–Trinajstić information content (AvgIpc) is 2.61. The Hall–Kier alpha value is -2.28. The summed E-state index contributed by atoms with van der Waals surface area (Å²) in [5, 5.41) is 6.04. The minimum atomic E-state index is -2.64. The SMILES string of the molecule is CN(c1ccccc1)c1cc(NCC2CNCCC2(F)F)ncn1. The summed E-state index contributed by atoms with van der Waals surface area (Å²) in [5.74, 6) is -2.14. The first-order valence-corrected chi connectivity index (χ1v) is 7.99. The lowest BCUT2D eigenvalue weighted by atomic mass is 9.95. The third-order valence-corrected chi connectivity index (χ3v) is 4.29. The number of halogens is 2. The van der Waals surface area contributed by atoms with Gasteiger partial charge in [0.25, 0.3) is 5.92 Å². The highest BCUT2D eigenvalue weighted by Gasteiger charge is 2.41. The van der Waals surface area contributed by atoms with Gasteiger partial charge in [-0.1, -0.05) is 18.2 Å². The predicted molar refractivity (Wildman–Crippen MR) is 91.0 cm³/mol. The van der Waals surface area contributed by atoms with Gasteiger partial charge in [-0.3, -0.25) is 0 Å². The summed E-state index contributed by atoms with van der Waals surface area (Å²) in [6, 6.07) is 11.6. The lowest BCUT2D eigenvalue weighted by Crippen LogP contribution is -2.47. The van der Waals surface area contributed by atoms with E-state index >= 15 is 0 Å². The summed E-state index contributed by atoms with van der Waals surface area (Å²) in [6.45, 7) is 0.844. The van der Waals surface area contributed by atoms with Crippen LogP contribution in [0.3, 0.4) is 0 Å². The molecule has 2 heterocycles. The molecule has 1 aliphatic heterocycles. The second-order valence-electron chi connectivity index (χ2n) is 5.95. The van der Waals surface area contributed by atoms with Gasteiger partial charge in [-0.25, -0.2) is 18.7 Å². The number of anilines is 3. The van der Waals surface area contributed by atoms with Gasteiger partial charge in [0, 0.05) is 44.9 Å². The largest absolute Gasteiger partial charge is 0.369 e. The smallest absolute Gasteiger partial charge is 0.255 e. The van der Waals surface area contributed by atoms with Crippen LogP contribution in [-0.4, -0.2) is 42.6 Å². The molecule has 3 rings (SSSR count). The summed E-state index contributed by atoms with van der Waals surface area (Å²) in [4.78, 5) is 10.3. The predicted octanol–water partition coefficient (Wildman–Crippen LogP) is 2.90. The Morgan fingerprint density at radius 1 is 1.29 bits per heavy atom. The van der Waals surface area contributed by atoms with E-state index in [1.165, 1.54) is 6.33 Å². The summed E-state index contributed by atoms with van der Waals surface area (Å²) < 4.78 is 27.8. The van der Waals surface area contributed by atoms with Crippen molar-refractivity contribution < 1.29 is 8.78 Å². The molecule has 1 fully saturated rings. The Morgan fingerprint density at radius 3 is 2.83 bits per heavy atom. The van der Waals surface area contributed by atoms with Crippen LogP contribution in [0.25, 0.3) is 0 Å². The Labute approximate surface area is 140 Å². The van der Waals surface area contributed by atoms with E-state index in [0.29, 0.717) is 24.7 Å². The molecule has 0 bridgehead atoms. The van der Waals surface area contributed by atoms with Gasteiger partial charge < -0.3 is 15.5 Å². The molecule has 2 aromatic rings. The fraction of sp³-hybridized carbons (Fsp3) is 0.412. The van der Waals surface area contributed by atoms with Crippen molar-refractivity contribution >= 4 is 17.3 Å². The Morgan fingerprint density at radius 2 is 2.08 bits per heavy atom. The molecule has 1 atom stereocenters. The summed E-state index contributed by atoms with van der Waals surface area (Å²) >= 11 is 0. The topological polar surface area (TPSA) is 53.1 Å². The van der Waals surface area contributed by atoms with E-state index in [0.717, 1.165) is 5.69 Å². The minimum absolute atomic E-state index is 0.120. The van der Waals surface area contributed by atoms with Gasteiger partial charge in [0.2, 0.25) is 0 Å². The van der Waals surface area contributed by atoms with E-state index < -0.39 is 11.8 Å². The van der Waals surface area contributed by atoms with Gasteiger partial charge in [-0.05, 0) is 12.1 Å². The summed E-state index contributed by atoms with van der Waals surface area (Å²) in [5.41, 5.74) is 0.991. The van der Waals surface area contributed by atoms with Gasteiger partial charge >= 0.3 is 0 Å². The normalized spacial score (nSPS) is 19.7. The van der Waals surface area contributed by atoms with Crippen LogP contribution in [0, 0.1) is 5.92 Å². The zero-order chi connectivity index (χ0) is 17.0. The van der Waals surface area contributed by atoms with Gasteiger partial charge in [0.05, 0.1) is 5.92 Å². The molecular formula is C17H21F2N5. The molecule has 0 amide bonds. The lowest BCUT2D eigenvalue weighted by Gasteiger charge is -2.32. The maximum Gasteiger partial charge on any atom is 0.255 e. The number of hydrogen-bond donors (Lipinski definition) is 2. The zero-order valence-corrected chi connectivity index (χ0v) is 13.5. The molecule has 1 unspecified atom stereocenters. The molecule has 1 aliphatic rings. The summed E-state index contributed by atoms with van der Waals surface area (Å²) in [7, 11) is 1.90. The van der Waals surface area contributed by atoms with Crippen LogP contribution in [0.1, 0.15) is 6.42 Å². The Kier molecular flexibility index (Phi) is 4.89. The molecule has 0 saturated carbocycles. The number of rotatable bonds is 5. The fourth-order valence-electron chi connectivity index (χ4n) is 2.75. The molecule has 24 heavy (non-hydrogen) atoms. The summed E-state index contributed by atoms with van der Waals surface area (Å²) in [6.07, 6.45) is 1.32. The van der Waals surface area contributed by atoms with E-state index in [2.05, 4.69) is 20.6 Å². The number of alkyl halides is 2. The maximum atomic E-state index is 13.9. The first kappa shape index (κ1) is 16.6. The molecule has 128 valence electrons. The second-order valence-corrected chi connectivity index (χ2v) is 5.95. The zero-order valence-electron chi connectivity index (χ0n) is 13.5. The standard InChI is InChI=1S/C17H21F2N5/c1-24(14-5-3-2-4-6-14)16-9-15(22-12-23-16)21-11-13-10-20-8-7-17(13,18)19/h2-6,9,12-13,20H,7-8,10-11H2,1H3,(H,21,22,23). The van der Waals surface area contributed by atoms with Crippen molar-refractivity contribution in [2.45, 2.75) is 12.3 Å². The molecular weight excluding hydrogens is 312 g/mol. The van der Waals surface area contributed by atoms with Crippen molar-refractivity contribution in [1.29, 1.82) is 0 Å². The van der Waals surface area contributed by atoms with Crippen molar-refractivity contribution in [3.63, 3.8) is 0 Å². The van der Waals surface area contributed by atoms with Crippen LogP contribution in [0.15, 0.2) is 42.7 Å². The number of piperidine rings is 1. The molecule has 2 N–H and O–H groups in total. The molecule has 0 aliphatic carbocycles. The number of para-hydroxylation sites is 1. The van der Waals surface area contributed by atoms with Crippen LogP contribution in [-0.2, 0) is 0 Å². The fourth-order valence-corrected chi connectivity index (χ4v) is 2.75. The third kappa shape index (κ3) is 3.79. The number of nitrogens with zero attached hydrogens (tertiary/aromatic N) is 3. The Balaban J connectivity index is 1.67. The highest BCUT2D eigenvalue weighted by Crippen LogP contribution is 2.30. The van der Waals surface area contributed by atoms with Crippen molar-refractivity contribution in [2.24, 2.45) is 5.92 Å². The van der Waals surface area contributed by atoms with E-state index in [-0.39, 0.29) is 13.0 Å². The molecule has 5 nitrogen and oxygen atoms in total. The van der Waals surface area contributed by atoms with Crippen molar-refractivity contribution in [3.05, 3.63) is 42.7 Å².